The Hall–Kier alpha value is -2.08. The van der Waals surface area contributed by atoms with Crippen molar-refractivity contribution in [2.45, 2.75) is 13.0 Å². The van der Waals surface area contributed by atoms with Crippen LogP contribution >= 0.6 is 34.8 Å². The highest BCUT2D eigenvalue weighted by Crippen LogP contribution is 2.22. The summed E-state index contributed by atoms with van der Waals surface area (Å²) in [6, 6.07) is 8.98. The summed E-state index contributed by atoms with van der Waals surface area (Å²) in [6.07, 6.45) is 0. The molecule has 2 aromatic carbocycles. The molecule has 0 radical (unpaired) electrons. The quantitative estimate of drug-likeness (QED) is 0.697. The molecular weight excluding hydrogens is 397 g/mol. The zero-order valence-corrected chi connectivity index (χ0v) is 16.2. The van der Waals surface area contributed by atoms with Crippen molar-refractivity contribution in [1.82, 2.24) is 14.9 Å². The second kappa shape index (κ2) is 7.27. The van der Waals surface area contributed by atoms with Crippen molar-refractivity contribution in [2.75, 3.05) is 0 Å². The van der Waals surface area contributed by atoms with Gasteiger partial charge < -0.3 is 5.32 Å². The van der Waals surface area contributed by atoms with Gasteiger partial charge in [-0.2, -0.15) is 0 Å². The van der Waals surface area contributed by atoms with Gasteiger partial charge in [-0.15, -0.1) is 0 Å². The number of aromatic nitrogens is 2. The lowest BCUT2D eigenvalue weighted by Gasteiger charge is -2.17. The minimum atomic E-state index is -0.532. The van der Waals surface area contributed by atoms with Crippen molar-refractivity contribution in [3.63, 3.8) is 0 Å². The third-order valence-corrected chi connectivity index (χ3v) is 4.77. The molecule has 1 N–H and O–H groups in total. The Morgan fingerprint density at radius 2 is 1.77 bits per heavy atom. The molecule has 26 heavy (non-hydrogen) atoms. The maximum absolute atomic E-state index is 12.5. The lowest BCUT2D eigenvalue weighted by molar-refractivity contribution is 0.0938. The summed E-state index contributed by atoms with van der Waals surface area (Å²) in [5, 5.41) is 4.42. The molecule has 1 aromatic heterocycles. The van der Waals surface area contributed by atoms with Crippen molar-refractivity contribution < 1.29 is 4.79 Å². The largest absolute Gasteiger partial charge is 0.342 e. The number of carbonyl (C=O) groups is 1. The van der Waals surface area contributed by atoms with E-state index in [1.807, 2.05) is 0 Å². The lowest BCUT2D eigenvalue weighted by Crippen LogP contribution is -2.32. The van der Waals surface area contributed by atoms with Crippen LogP contribution < -0.4 is 10.9 Å². The molecule has 1 unspecified atom stereocenters. The monoisotopic (exact) mass is 409 g/mol. The van der Waals surface area contributed by atoms with Crippen LogP contribution in [0.5, 0.6) is 0 Å². The number of hydrogen-bond donors (Lipinski definition) is 1. The van der Waals surface area contributed by atoms with Crippen molar-refractivity contribution in [3.8, 4) is 0 Å². The second-order valence-corrected chi connectivity index (χ2v) is 7.10. The van der Waals surface area contributed by atoms with Crippen LogP contribution in [0.3, 0.4) is 0 Å². The number of fused-ring (bicyclic) bond motifs is 1. The Labute approximate surface area is 164 Å². The van der Waals surface area contributed by atoms with Gasteiger partial charge in [-0.05, 0) is 43.3 Å². The van der Waals surface area contributed by atoms with Gasteiger partial charge in [0.05, 0.1) is 27.5 Å². The van der Waals surface area contributed by atoms with Gasteiger partial charge >= 0.3 is 0 Å². The summed E-state index contributed by atoms with van der Waals surface area (Å²) in [6.45, 7) is 1.74. The summed E-state index contributed by atoms with van der Waals surface area (Å²) in [5.41, 5.74) is 0.547. The molecule has 0 saturated carbocycles. The SMILES string of the molecule is CC(NC(=O)c1ccc(Cl)cc1Cl)c1nc2cc(Cl)ccc2c(=O)n1C. The normalized spacial score (nSPS) is 12.2. The van der Waals surface area contributed by atoms with E-state index >= 15 is 0 Å². The number of amides is 1. The van der Waals surface area contributed by atoms with Gasteiger partial charge in [0.25, 0.3) is 11.5 Å². The Morgan fingerprint density at radius 1 is 1.12 bits per heavy atom. The van der Waals surface area contributed by atoms with Gasteiger partial charge in [-0.1, -0.05) is 34.8 Å². The predicted octanol–water partition coefficient (Wildman–Crippen LogP) is 4.38. The smallest absolute Gasteiger partial charge is 0.261 e. The molecule has 0 saturated heterocycles. The first kappa shape index (κ1) is 18.7. The molecule has 0 aliphatic heterocycles. The molecule has 1 heterocycles. The van der Waals surface area contributed by atoms with E-state index in [1.54, 1.807) is 44.3 Å². The molecule has 1 amide bonds. The van der Waals surface area contributed by atoms with Crippen molar-refractivity contribution in [2.24, 2.45) is 7.05 Å². The van der Waals surface area contributed by atoms with Crippen LogP contribution in [0.2, 0.25) is 15.1 Å². The fraction of sp³-hybridized carbons (Fsp3) is 0.167. The van der Waals surface area contributed by atoms with E-state index in [0.29, 0.717) is 26.8 Å². The van der Waals surface area contributed by atoms with E-state index in [2.05, 4.69) is 10.3 Å². The molecule has 5 nitrogen and oxygen atoms in total. The number of rotatable bonds is 3. The molecule has 0 bridgehead atoms. The Bertz CT molecular complexity index is 1080. The Kier molecular flexibility index (Phi) is 5.23. The lowest BCUT2D eigenvalue weighted by atomic mass is 10.2. The third kappa shape index (κ3) is 3.56. The highest BCUT2D eigenvalue weighted by molar-refractivity contribution is 6.36. The molecule has 3 aromatic rings. The average Bonchev–Trinajstić information content (AvgIpc) is 2.57. The van der Waals surface area contributed by atoms with Crippen LogP contribution in [0.4, 0.5) is 0 Å². The van der Waals surface area contributed by atoms with Crippen LogP contribution in [0, 0.1) is 0 Å². The van der Waals surface area contributed by atoms with E-state index in [9.17, 15) is 9.59 Å². The highest BCUT2D eigenvalue weighted by Gasteiger charge is 2.19. The van der Waals surface area contributed by atoms with Gasteiger partial charge in [-0.3, -0.25) is 14.2 Å². The minimum Gasteiger partial charge on any atom is -0.342 e. The number of nitrogens with one attached hydrogen (secondary N) is 1. The summed E-state index contributed by atoms with van der Waals surface area (Å²) in [5.74, 6) is 0.0165. The maximum Gasteiger partial charge on any atom is 0.261 e. The van der Waals surface area contributed by atoms with Crippen LogP contribution in [-0.2, 0) is 7.05 Å². The zero-order chi connectivity index (χ0) is 19.0. The molecular formula is C18H14Cl3N3O2. The number of halogens is 3. The van der Waals surface area contributed by atoms with Crippen molar-refractivity contribution in [3.05, 3.63) is 73.2 Å². The summed E-state index contributed by atoms with van der Waals surface area (Å²) < 4.78 is 1.41. The topological polar surface area (TPSA) is 64.0 Å². The van der Waals surface area contributed by atoms with Gasteiger partial charge in [0.2, 0.25) is 0 Å². The van der Waals surface area contributed by atoms with E-state index in [1.165, 1.54) is 10.6 Å². The average molecular weight is 411 g/mol. The second-order valence-electron chi connectivity index (χ2n) is 5.81. The van der Waals surface area contributed by atoms with E-state index < -0.39 is 6.04 Å². The van der Waals surface area contributed by atoms with Crippen LogP contribution in [0.15, 0.2) is 41.2 Å². The van der Waals surface area contributed by atoms with E-state index in [0.717, 1.165) is 0 Å². The zero-order valence-electron chi connectivity index (χ0n) is 13.9. The van der Waals surface area contributed by atoms with Crippen molar-refractivity contribution >= 4 is 51.6 Å². The fourth-order valence-corrected chi connectivity index (χ4v) is 3.32. The predicted molar refractivity (Wildman–Crippen MR) is 104 cm³/mol. The third-order valence-electron chi connectivity index (χ3n) is 3.98. The number of hydrogen-bond acceptors (Lipinski definition) is 3. The number of carbonyl (C=O) groups excluding carboxylic acids is 1. The Morgan fingerprint density at radius 3 is 2.46 bits per heavy atom. The molecule has 0 fully saturated rings. The minimum absolute atomic E-state index is 0.215. The number of benzene rings is 2. The first-order valence-electron chi connectivity index (χ1n) is 7.70. The standard InChI is InChI=1S/C18H14Cl3N3O2/c1-9(22-17(25)12-5-3-10(19)7-14(12)21)16-23-15-8-11(20)4-6-13(15)18(26)24(16)2/h3-9H,1-2H3,(H,22,25). The number of nitrogens with zero attached hydrogens (tertiary/aromatic N) is 2. The van der Waals surface area contributed by atoms with Crippen molar-refractivity contribution in [1.29, 1.82) is 0 Å². The van der Waals surface area contributed by atoms with Gasteiger partial charge in [0, 0.05) is 17.1 Å². The summed E-state index contributed by atoms with van der Waals surface area (Å²) in [7, 11) is 1.61. The molecule has 0 spiro atoms. The molecule has 3 rings (SSSR count). The van der Waals surface area contributed by atoms with Crippen LogP contribution in [-0.4, -0.2) is 15.5 Å². The maximum atomic E-state index is 12.5. The van der Waals surface area contributed by atoms with Crippen LogP contribution in [0.1, 0.15) is 29.1 Å². The van der Waals surface area contributed by atoms with Gasteiger partial charge in [0.15, 0.2) is 0 Å². The first-order valence-corrected chi connectivity index (χ1v) is 8.83. The highest BCUT2D eigenvalue weighted by atomic mass is 35.5. The first-order chi connectivity index (χ1) is 12.3. The van der Waals surface area contributed by atoms with E-state index in [4.69, 9.17) is 34.8 Å². The summed E-state index contributed by atoms with van der Waals surface area (Å²) >= 11 is 17.9. The summed E-state index contributed by atoms with van der Waals surface area (Å²) in [4.78, 5) is 29.5. The molecule has 0 aliphatic carbocycles. The van der Waals surface area contributed by atoms with Gasteiger partial charge in [0.1, 0.15) is 5.82 Å². The molecule has 1 atom stereocenters. The Balaban J connectivity index is 1.97. The molecule has 0 aliphatic rings. The molecule has 8 heteroatoms. The van der Waals surface area contributed by atoms with Crippen LogP contribution in [0.25, 0.3) is 10.9 Å². The van der Waals surface area contributed by atoms with Gasteiger partial charge in [-0.25, -0.2) is 4.98 Å². The molecule has 134 valence electrons. The van der Waals surface area contributed by atoms with E-state index in [-0.39, 0.29) is 22.1 Å². The fourth-order valence-electron chi connectivity index (χ4n) is 2.66.